The van der Waals surface area contributed by atoms with Crippen LogP contribution in [0.3, 0.4) is 0 Å². The molecule has 3 nitrogen and oxygen atoms in total. The van der Waals surface area contributed by atoms with Crippen LogP contribution in [-0.2, 0) is 11.3 Å². The molecule has 1 amide bonds. The Morgan fingerprint density at radius 2 is 2.00 bits per heavy atom. The summed E-state index contributed by atoms with van der Waals surface area (Å²) in [6.45, 7) is 3.44. The summed E-state index contributed by atoms with van der Waals surface area (Å²) in [6.07, 6.45) is 2.93. The molecule has 2 rings (SSSR count). The fourth-order valence-electron chi connectivity index (χ4n) is 2.18. The standard InChI is InChI=1S/C14H19BrN2O/c15-13-6-2-1-5-12(13)11-16-8-7-14(18)17-9-3-4-10-17/h1-2,5-6,16H,3-4,7-11H2. The molecule has 4 heteroatoms. The Hall–Kier alpha value is -0.870. The number of carbonyl (C=O) groups is 1. The second-order valence-electron chi connectivity index (χ2n) is 4.61. The highest BCUT2D eigenvalue weighted by Crippen LogP contribution is 2.15. The van der Waals surface area contributed by atoms with Gasteiger partial charge in [-0.3, -0.25) is 4.79 Å². The van der Waals surface area contributed by atoms with Gasteiger partial charge in [-0.05, 0) is 24.5 Å². The quantitative estimate of drug-likeness (QED) is 0.848. The number of nitrogens with zero attached hydrogens (tertiary/aromatic N) is 1. The molecule has 1 fully saturated rings. The molecule has 1 aromatic rings. The highest BCUT2D eigenvalue weighted by Gasteiger charge is 2.16. The lowest BCUT2D eigenvalue weighted by molar-refractivity contribution is -0.130. The van der Waals surface area contributed by atoms with Gasteiger partial charge in [0.05, 0.1) is 0 Å². The first kappa shape index (κ1) is 13.6. The van der Waals surface area contributed by atoms with E-state index in [0.29, 0.717) is 6.42 Å². The van der Waals surface area contributed by atoms with Crippen molar-refractivity contribution in [2.24, 2.45) is 0 Å². The van der Waals surface area contributed by atoms with Gasteiger partial charge in [-0.15, -0.1) is 0 Å². The van der Waals surface area contributed by atoms with Crippen molar-refractivity contribution in [2.45, 2.75) is 25.8 Å². The largest absolute Gasteiger partial charge is 0.343 e. The molecule has 1 aromatic carbocycles. The van der Waals surface area contributed by atoms with E-state index in [1.54, 1.807) is 0 Å². The van der Waals surface area contributed by atoms with E-state index in [9.17, 15) is 4.79 Å². The van der Waals surface area contributed by atoms with Gasteiger partial charge < -0.3 is 10.2 Å². The third-order valence-electron chi connectivity index (χ3n) is 3.25. The molecule has 18 heavy (non-hydrogen) atoms. The first-order valence-electron chi connectivity index (χ1n) is 6.49. The Bertz CT molecular complexity index is 403. The summed E-state index contributed by atoms with van der Waals surface area (Å²) in [4.78, 5) is 13.8. The van der Waals surface area contributed by atoms with E-state index < -0.39 is 0 Å². The van der Waals surface area contributed by atoms with E-state index in [-0.39, 0.29) is 5.91 Å². The topological polar surface area (TPSA) is 32.3 Å². The first-order valence-corrected chi connectivity index (χ1v) is 7.28. The smallest absolute Gasteiger partial charge is 0.223 e. The molecule has 0 aliphatic carbocycles. The number of halogens is 1. The summed E-state index contributed by atoms with van der Waals surface area (Å²) >= 11 is 3.52. The van der Waals surface area contributed by atoms with E-state index in [0.717, 1.165) is 43.5 Å². The molecule has 1 aliphatic rings. The lowest BCUT2D eigenvalue weighted by Gasteiger charge is -2.15. The van der Waals surface area contributed by atoms with Crippen molar-refractivity contribution in [2.75, 3.05) is 19.6 Å². The van der Waals surface area contributed by atoms with E-state index >= 15 is 0 Å². The molecule has 1 heterocycles. The fraction of sp³-hybridized carbons (Fsp3) is 0.500. The Kier molecular flexibility index (Phi) is 5.20. The Labute approximate surface area is 117 Å². The van der Waals surface area contributed by atoms with Gasteiger partial charge >= 0.3 is 0 Å². The van der Waals surface area contributed by atoms with Crippen molar-refractivity contribution in [1.82, 2.24) is 10.2 Å². The SMILES string of the molecule is O=C(CCNCc1ccccc1Br)N1CCCC1. The molecule has 0 spiro atoms. The lowest BCUT2D eigenvalue weighted by Crippen LogP contribution is -2.30. The van der Waals surface area contributed by atoms with Crippen molar-refractivity contribution in [3.05, 3.63) is 34.3 Å². The zero-order valence-corrected chi connectivity index (χ0v) is 12.1. The van der Waals surface area contributed by atoms with E-state index in [2.05, 4.69) is 27.3 Å². The molecule has 98 valence electrons. The number of amides is 1. The Balaban J connectivity index is 1.67. The van der Waals surface area contributed by atoms with Crippen molar-refractivity contribution >= 4 is 21.8 Å². The van der Waals surface area contributed by atoms with Gasteiger partial charge in [0.15, 0.2) is 0 Å². The van der Waals surface area contributed by atoms with Gasteiger partial charge in [0, 0.05) is 37.1 Å². The summed E-state index contributed by atoms with van der Waals surface area (Å²) in [5.41, 5.74) is 1.23. The van der Waals surface area contributed by atoms with E-state index in [4.69, 9.17) is 0 Å². The zero-order chi connectivity index (χ0) is 12.8. The molecule has 0 unspecified atom stereocenters. The summed E-state index contributed by atoms with van der Waals surface area (Å²) in [5, 5.41) is 3.32. The van der Waals surface area contributed by atoms with Crippen LogP contribution < -0.4 is 5.32 Å². The van der Waals surface area contributed by atoms with Crippen LogP contribution >= 0.6 is 15.9 Å². The number of carbonyl (C=O) groups excluding carboxylic acids is 1. The van der Waals surface area contributed by atoms with Gasteiger partial charge in [-0.1, -0.05) is 34.1 Å². The van der Waals surface area contributed by atoms with Gasteiger partial charge in [-0.2, -0.15) is 0 Å². The van der Waals surface area contributed by atoms with Gasteiger partial charge in [-0.25, -0.2) is 0 Å². The third-order valence-corrected chi connectivity index (χ3v) is 4.02. The van der Waals surface area contributed by atoms with Gasteiger partial charge in [0.2, 0.25) is 5.91 Å². The molecule has 0 saturated carbocycles. The number of hydrogen-bond donors (Lipinski definition) is 1. The molecule has 0 atom stereocenters. The van der Waals surface area contributed by atoms with E-state index in [1.165, 1.54) is 5.56 Å². The Morgan fingerprint density at radius 3 is 2.72 bits per heavy atom. The van der Waals surface area contributed by atoms with Crippen LogP contribution in [0.25, 0.3) is 0 Å². The Morgan fingerprint density at radius 1 is 1.28 bits per heavy atom. The fourth-order valence-corrected chi connectivity index (χ4v) is 2.61. The second kappa shape index (κ2) is 6.90. The molecule has 0 aromatic heterocycles. The molecule has 1 aliphatic heterocycles. The van der Waals surface area contributed by atoms with Crippen LogP contribution in [0.2, 0.25) is 0 Å². The maximum absolute atomic E-state index is 11.8. The van der Waals surface area contributed by atoms with Crippen molar-refractivity contribution in [3.8, 4) is 0 Å². The lowest BCUT2D eigenvalue weighted by atomic mass is 10.2. The number of nitrogens with one attached hydrogen (secondary N) is 1. The second-order valence-corrected chi connectivity index (χ2v) is 5.46. The summed E-state index contributed by atoms with van der Waals surface area (Å²) in [5.74, 6) is 0.284. The monoisotopic (exact) mass is 310 g/mol. The molecule has 0 radical (unpaired) electrons. The van der Waals surface area contributed by atoms with Crippen LogP contribution in [0.1, 0.15) is 24.8 Å². The number of hydrogen-bond acceptors (Lipinski definition) is 2. The molecule has 1 saturated heterocycles. The summed E-state index contributed by atoms with van der Waals surface area (Å²) in [6, 6.07) is 8.15. The minimum atomic E-state index is 0.284. The first-order chi connectivity index (χ1) is 8.77. The van der Waals surface area contributed by atoms with Crippen LogP contribution in [0, 0.1) is 0 Å². The normalized spacial score (nSPS) is 15.1. The van der Waals surface area contributed by atoms with E-state index in [1.807, 2.05) is 23.1 Å². The maximum Gasteiger partial charge on any atom is 0.223 e. The van der Waals surface area contributed by atoms with Crippen molar-refractivity contribution in [3.63, 3.8) is 0 Å². The van der Waals surface area contributed by atoms with Gasteiger partial charge in [0.25, 0.3) is 0 Å². The number of likely N-dealkylation sites (tertiary alicyclic amines) is 1. The predicted octanol–water partition coefficient (Wildman–Crippen LogP) is 2.55. The molecular formula is C14H19BrN2O. The van der Waals surface area contributed by atoms with Gasteiger partial charge in [0.1, 0.15) is 0 Å². The van der Waals surface area contributed by atoms with Crippen molar-refractivity contribution < 1.29 is 4.79 Å². The minimum absolute atomic E-state index is 0.284. The number of benzene rings is 1. The van der Waals surface area contributed by atoms with Crippen LogP contribution in [0.4, 0.5) is 0 Å². The maximum atomic E-state index is 11.8. The summed E-state index contributed by atoms with van der Waals surface area (Å²) < 4.78 is 1.11. The summed E-state index contributed by atoms with van der Waals surface area (Å²) in [7, 11) is 0. The molecular weight excluding hydrogens is 292 g/mol. The van der Waals surface area contributed by atoms with Crippen LogP contribution in [-0.4, -0.2) is 30.4 Å². The highest BCUT2D eigenvalue weighted by molar-refractivity contribution is 9.10. The minimum Gasteiger partial charge on any atom is -0.343 e. The highest BCUT2D eigenvalue weighted by atomic mass is 79.9. The number of rotatable bonds is 5. The molecule has 0 bridgehead atoms. The zero-order valence-electron chi connectivity index (χ0n) is 10.5. The average molecular weight is 311 g/mol. The van der Waals surface area contributed by atoms with Crippen LogP contribution in [0.5, 0.6) is 0 Å². The van der Waals surface area contributed by atoms with Crippen molar-refractivity contribution in [1.29, 1.82) is 0 Å². The predicted molar refractivity (Wildman–Crippen MR) is 76.3 cm³/mol. The molecule has 1 N–H and O–H groups in total. The average Bonchev–Trinajstić information content (AvgIpc) is 2.90. The third kappa shape index (κ3) is 3.82. The van der Waals surface area contributed by atoms with Crippen LogP contribution in [0.15, 0.2) is 28.7 Å².